The van der Waals surface area contributed by atoms with Crippen LogP contribution in [0.25, 0.3) is 0 Å². The Labute approximate surface area is 124 Å². The van der Waals surface area contributed by atoms with E-state index < -0.39 is 0 Å². The van der Waals surface area contributed by atoms with Gasteiger partial charge < -0.3 is 9.80 Å². The van der Waals surface area contributed by atoms with E-state index in [0.717, 1.165) is 6.04 Å². The molecule has 0 radical (unpaired) electrons. The van der Waals surface area contributed by atoms with E-state index in [9.17, 15) is 0 Å². The fourth-order valence-corrected chi connectivity index (χ4v) is 3.77. The maximum absolute atomic E-state index is 2.74. The number of hydrogen-bond acceptors (Lipinski definition) is 5. The Morgan fingerprint density at radius 1 is 0.550 bits per heavy atom. The van der Waals surface area contributed by atoms with Crippen molar-refractivity contribution >= 4 is 0 Å². The summed E-state index contributed by atoms with van der Waals surface area (Å²) in [5, 5.41) is 5.22. The Hall–Kier alpha value is -0.200. The minimum Gasteiger partial charge on any atom is -0.304 e. The van der Waals surface area contributed by atoms with E-state index in [1.165, 1.54) is 78.3 Å². The Kier molecular flexibility index (Phi) is 4.94. The van der Waals surface area contributed by atoms with Crippen molar-refractivity contribution in [1.82, 2.24) is 24.7 Å². The highest BCUT2D eigenvalue weighted by Gasteiger charge is 2.29. The molecule has 116 valence electrons. The number of rotatable bonds is 2. The SMILES string of the molecule is CN1CCN(C2CCN(N3CCN(C)CC3)CC2)CC1. The molecule has 3 heterocycles. The summed E-state index contributed by atoms with van der Waals surface area (Å²) in [6, 6.07) is 0.840. The predicted octanol–water partition coefficient (Wildman–Crippen LogP) is -0.139. The van der Waals surface area contributed by atoms with Crippen LogP contribution in [0, 0.1) is 0 Å². The lowest BCUT2D eigenvalue weighted by Gasteiger charge is -2.46. The van der Waals surface area contributed by atoms with Crippen LogP contribution in [-0.4, -0.2) is 110 Å². The van der Waals surface area contributed by atoms with Crippen molar-refractivity contribution < 1.29 is 0 Å². The van der Waals surface area contributed by atoms with Gasteiger partial charge in [-0.25, -0.2) is 10.0 Å². The average molecular weight is 281 g/mol. The van der Waals surface area contributed by atoms with Gasteiger partial charge in [-0.2, -0.15) is 0 Å². The van der Waals surface area contributed by atoms with E-state index >= 15 is 0 Å². The number of hydrogen-bond donors (Lipinski definition) is 0. The van der Waals surface area contributed by atoms with Crippen molar-refractivity contribution in [3.05, 3.63) is 0 Å². The summed E-state index contributed by atoms with van der Waals surface area (Å²) in [5.41, 5.74) is 0. The molecular weight excluding hydrogens is 250 g/mol. The van der Waals surface area contributed by atoms with Crippen molar-refractivity contribution in [2.75, 3.05) is 79.5 Å². The van der Waals surface area contributed by atoms with Crippen LogP contribution in [0.4, 0.5) is 0 Å². The fourth-order valence-electron chi connectivity index (χ4n) is 3.77. The van der Waals surface area contributed by atoms with Gasteiger partial charge in [-0.1, -0.05) is 0 Å². The van der Waals surface area contributed by atoms with Crippen LogP contribution in [0.3, 0.4) is 0 Å². The van der Waals surface area contributed by atoms with E-state index in [1.54, 1.807) is 0 Å². The molecule has 3 fully saturated rings. The molecule has 0 aromatic heterocycles. The number of hydrazine groups is 1. The minimum atomic E-state index is 0.840. The topological polar surface area (TPSA) is 16.2 Å². The molecule has 3 aliphatic rings. The Morgan fingerprint density at radius 3 is 1.55 bits per heavy atom. The average Bonchev–Trinajstić information content (AvgIpc) is 2.49. The normalized spacial score (nSPS) is 30.9. The first kappa shape index (κ1) is 14.7. The zero-order valence-corrected chi connectivity index (χ0v) is 13.3. The number of piperidine rings is 1. The highest BCUT2D eigenvalue weighted by molar-refractivity contribution is 4.83. The lowest BCUT2D eigenvalue weighted by molar-refractivity contribution is -0.0792. The summed E-state index contributed by atoms with van der Waals surface area (Å²) in [7, 11) is 4.48. The molecule has 0 unspecified atom stereocenters. The molecule has 5 heteroatoms. The van der Waals surface area contributed by atoms with Gasteiger partial charge in [0.15, 0.2) is 0 Å². The molecule has 0 aromatic carbocycles. The van der Waals surface area contributed by atoms with Crippen LogP contribution < -0.4 is 0 Å². The molecule has 0 amide bonds. The monoisotopic (exact) mass is 281 g/mol. The van der Waals surface area contributed by atoms with Crippen LogP contribution in [-0.2, 0) is 0 Å². The molecule has 5 nitrogen and oxygen atoms in total. The molecule has 0 saturated carbocycles. The van der Waals surface area contributed by atoms with Crippen molar-refractivity contribution in [3.8, 4) is 0 Å². The summed E-state index contributed by atoms with van der Waals surface area (Å²) in [6.07, 6.45) is 2.71. The van der Waals surface area contributed by atoms with Crippen LogP contribution in [0.5, 0.6) is 0 Å². The zero-order valence-electron chi connectivity index (χ0n) is 13.3. The van der Waals surface area contributed by atoms with Crippen molar-refractivity contribution in [3.63, 3.8) is 0 Å². The van der Waals surface area contributed by atoms with E-state index in [-0.39, 0.29) is 0 Å². The first-order valence-corrected chi connectivity index (χ1v) is 8.33. The Balaban J connectivity index is 1.42. The lowest BCUT2D eigenvalue weighted by atomic mass is 10.0. The Bertz CT molecular complexity index is 257. The van der Waals surface area contributed by atoms with Gasteiger partial charge in [-0.05, 0) is 26.9 Å². The van der Waals surface area contributed by atoms with Gasteiger partial charge in [0.05, 0.1) is 0 Å². The Morgan fingerprint density at radius 2 is 1.00 bits per heavy atom. The summed E-state index contributed by atoms with van der Waals surface area (Å²) in [6.45, 7) is 12.5. The molecular formula is C15H31N5. The van der Waals surface area contributed by atoms with Gasteiger partial charge in [-0.3, -0.25) is 4.90 Å². The smallest absolute Gasteiger partial charge is 0.0261 e. The highest BCUT2D eigenvalue weighted by atomic mass is 15.6. The van der Waals surface area contributed by atoms with Gasteiger partial charge in [-0.15, -0.1) is 0 Å². The van der Waals surface area contributed by atoms with E-state index in [2.05, 4.69) is 38.8 Å². The van der Waals surface area contributed by atoms with Crippen molar-refractivity contribution in [2.45, 2.75) is 18.9 Å². The van der Waals surface area contributed by atoms with E-state index in [0.29, 0.717) is 0 Å². The summed E-state index contributed by atoms with van der Waals surface area (Å²) in [5.74, 6) is 0. The largest absolute Gasteiger partial charge is 0.304 e. The van der Waals surface area contributed by atoms with Gasteiger partial charge in [0.2, 0.25) is 0 Å². The van der Waals surface area contributed by atoms with Crippen LogP contribution in [0.15, 0.2) is 0 Å². The first-order valence-electron chi connectivity index (χ1n) is 8.33. The predicted molar refractivity (Wildman–Crippen MR) is 82.7 cm³/mol. The quantitative estimate of drug-likeness (QED) is 0.698. The number of likely N-dealkylation sites (N-methyl/N-ethyl adjacent to an activating group) is 2. The summed E-state index contributed by atoms with van der Waals surface area (Å²) < 4.78 is 0. The second-order valence-electron chi connectivity index (χ2n) is 6.78. The standard InChI is InChI=1S/C15H31N5/c1-16-7-11-18(12-8-16)15-3-5-19(6-4-15)20-13-9-17(2)10-14-20/h15H,3-14H2,1-2H3. The van der Waals surface area contributed by atoms with Crippen LogP contribution >= 0.6 is 0 Å². The highest BCUT2D eigenvalue weighted by Crippen LogP contribution is 2.19. The molecule has 0 bridgehead atoms. The molecule has 0 aromatic rings. The van der Waals surface area contributed by atoms with E-state index in [1.807, 2.05) is 0 Å². The minimum absolute atomic E-state index is 0.840. The molecule has 3 rings (SSSR count). The maximum atomic E-state index is 2.74. The second kappa shape index (κ2) is 6.71. The molecule has 0 spiro atoms. The van der Waals surface area contributed by atoms with Gasteiger partial charge in [0.25, 0.3) is 0 Å². The van der Waals surface area contributed by atoms with Crippen molar-refractivity contribution in [2.24, 2.45) is 0 Å². The number of nitrogens with zero attached hydrogens (tertiary/aromatic N) is 5. The maximum Gasteiger partial charge on any atom is 0.0261 e. The van der Waals surface area contributed by atoms with Gasteiger partial charge in [0, 0.05) is 71.5 Å². The van der Waals surface area contributed by atoms with Crippen molar-refractivity contribution in [1.29, 1.82) is 0 Å². The summed E-state index contributed by atoms with van der Waals surface area (Å²) >= 11 is 0. The third-order valence-electron chi connectivity index (χ3n) is 5.37. The number of piperazine rings is 2. The van der Waals surface area contributed by atoms with Gasteiger partial charge in [0.1, 0.15) is 0 Å². The van der Waals surface area contributed by atoms with Crippen LogP contribution in [0.1, 0.15) is 12.8 Å². The zero-order chi connectivity index (χ0) is 13.9. The fraction of sp³-hybridized carbons (Fsp3) is 1.00. The third kappa shape index (κ3) is 3.52. The first-order chi connectivity index (χ1) is 9.72. The third-order valence-corrected chi connectivity index (χ3v) is 5.37. The molecule has 0 aliphatic carbocycles. The molecule has 3 saturated heterocycles. The molecule has 0 N–H and O–H groups in total. The summed E-state index contributed by atoms with van der Waals surface area (Å²) in [4.78, 5) is 7.63. The molecule has 20 heavy (non-hydrogen) atoms. The lowest BCUT2D eigenvalue weighted by Crippen LogP contribution is -2.58. The molecule has 0 atom stereocenters. The molecule has 3 aliphatic heterocycles. The van der Waals surface area contributed by atoms with Gasteiger partial charge >= 0.3 is 0 Å². The second-order valence-corrected chi connectivity index (χ2v) is 6.78. The van der Waals surface area contributed by atoms with Crippen LogP contribution in [0.2, 0.25) is 0 Å². The van der Waals surface area contributed by atoms with E-state index in [4.69, 9.17) is 0 Å².